The summed E-state index contributed by atoms with van der Waals surface area (Å²) in [6.07, 6.45) is 3.44. The molecule has 0 amide bonds. The summed E-state index contributed by atoms with van der Waals surface area (Å²) in [4.78, 5) is 8.43. The summed E-state index contributed by atoms with van der Waals surface area (Å²) in [5.41, 5.74) is 7.35. The third-order valence-electron chi connectivity index (χ3n) is 2.94. The topological polar surface area (TPSA) is 69.6 Å². The maximum absolute atomic E-state index is 14.1. The fourth-order valence-corrected chi connectivity index (χ4v) is 2.14. The first-order valence-electron chi connectivity index (χ1n) is 6.12. The number of nitrogens with zero attached hydrogens (tertiary/aromatic N) is 4. The van der Waals surface area contributed by atoms with Gasteiger partial charge in [0.05, 0.1) is 22.5 Å². The van der Waals surface area contributed by atoms with Crippen LogP contribution in [0.4, 0.5) is 10.2 Å². The molecule has 5 nitrogen and oxygen atoms in total. The molecule has 0 aliphatic heterocycles. The van der Waals surface area contributed by atoms with Crippen molar-refractivity contribution in [1.29, 1.82) is 0 Å². The van der Waals surface area contributed by atoms with E-state index in [1.165, 1.54) is 6.07 Å². The number of rotatable bonds is 2. The van der Waals surface area contributed by atoms with Gasteiger partial charge in [0, 0.05) is 24.9 Å². The van der Waals surface area contributed by atoms with E-state index in [0.29, 0.717) is 5.69 Å². The lowest BCUT2D eigenvalue weighted by molar-refractivity contribution is 0.630. The Morgan fingerprint density at radius 3 is 2.81 bits per heavy atom. The number of hydrogen-bond donors (Lipinski definition) is 1. The number of hydrogen-bond acceptors (Lipinski definition) is 4. The average molecular weight is 304 g/mol. The molecule has 0 radical (unpaired) electrons. The molecule has 2 heterocycles. The molecule has 0 saturated carbocycles. The standard InChI is InChI=1S/C14H11ClFN5/c1-21-7-8(6-18-21)11-5-12(17)20-14(19-11)9-3-2-4-10(15)13(9)16/h2-7H,1H3,(H2,17,19,20). The summed E-state index contributed by atoms with van der Waals surface area (Å²) >= 11 is 5.79. The molecule has 106 valence electrons. The molecule has 0 unspecified atom stereocenters. The van der Waals surface area contributed by atoms with Gasteiger partial charge in [0.25, 0.3) is 0 Å². The summed E-state index contributed by atoms with van der Waals surface area (Å²) in [6.45, 7) is 0. The van der Waals surface area contributed by atoms with Crippen LogP contribution < -0.4 is 5.73 Å². The molecule has 2 aromatic heterocycles. The van der Waals surface area contributed by atoms with Crippen molar-refractivity contribution in [2.75, 3.05) is 5.73 Å². The summed E-state index contributed by atoms with van der Waals surface area (Å²) < 4.78 is 15.7. The number of anilines is 1. The fourth-order valence-electron chi connectivity index (χ4n) is 1.96. The van der Waals surface area contributed by atoms with Crippen LogP contribution in [0.2, 0.25) is 5.02 Å². The lowest BCUT2D eigenvalue weighted by Crippen LogP contribution is -1.99. The molecule has 0 fully saturated rings. The first-order chi connectivity index (χ1) is 10.0. The highest BCUT2D eigenvalue weighted by Crippen LogP contribution is 2.27. The lowest BCUT2D eigenvalue weighted by Gasteiger charge is -2.06. The van der Waals surface area contributed by atoms with Gasteiger partial charge in [-0.1, -0.05) is 17.7 Å². The van der Waals surface area contributed by atoms with Gasteiger partial charge in [-0.3, -0.25) is 4.68 Å². The van der Waals surface area contributed by atoms with E-state index in [1.807, 2.05) is 0 Å². The number of nitrogens with two attached hydrogens (primary N) is 1. The van der Waals surface area contributed by atoms with Gasteiger partial charge in [0.2, 0.25) is 0 Å². The summed E-state index contributed by atoms with van der Waals surface area (Å²) in [5, 5.41) is 4.09. The molecule has 2 N–H and O–H groups in total. The van der Waals surface area contributed by atoms with Gasteiger partial charge in [0.15, 0.2) is 11.6 Å². The zero-order chi connectivity index (χ0) is 15.0. The molecule has 0 saturated heterocycles. The van der Waals surface area contributed by atoms with Crippen LogP contribution in [-0.2, 0) is 7.05 Å². The van der Waals surface area contributed by atoms with E-state index >= 15 is 0 Å². The predicted octanol–water partition coefficient (Wildman–Crippen LogP) is 2.92. The Morgan fingerprint density at radius 1 is 1.29 bits per heavy atom. The Hall–Kier alpha value is -2.47. The maximum atomic E-state index is 14.1. The number of benzene rings is 1. The highest BCUT2D eigenvalue weighted by molar-refractivity contribution is 6.31. The van der Waals surface area contributed by atoms with Crippen LogP contribution in [0.1, 0.15) is 0 Å². The van der Waals surface area contributed by atoms with Crippen molar-refractivity contribution in [3.05, 3.63) is 47.5 Å². The van der Waals surface area contributed by atoms with Crippen molar-refractivity contribution in [3.63, 3.8) is 0 Å². The van der Waals surface area contributed by atoms with E-state index in [2.05, 4.69) is 15.1 Å². The van der Waals surface area contributed by atoms with Crippen LogP contribution in [-0.4, -0.2) is 19.7 Å². The van der Waals surface area contributed by atoms with Gasteiger partial charge in [0.1, 0.15) is 5.82 Å². The van der Waals surface area contributed by atoms with E-state index in [0.717, 1.165) is 5.56 Å². The van der Waals surface area contributed by atoms with Crippen molar-refractivity contribution in [3.8, 4) is 22.6 Å². The van der Waals surface area contributed by atoms with E-state index in [4.69, 9.17) is 17.3 Å². The van der Waals surface area contributed by atoms with Crippen molar-refractivity contribution >= 4 is 17.4 Å². The number of halogens is 2. The minimum absolute atomic E-state index is 0.0152. The number of aryl methyl sites for hydroxylation is 1. The van der Waals surface area contributed by atoms with Gasteiger partial charge < -0.3 is 5.73 Å². The average Bonchev–Trinajstić information content (AvgIpc) is 2.88. The van der Waals surface area contributed by atoms with Crippen LogP contribution in [0.15, 0.2) is 36.7 Å². The third kappa shape index (κ3) is 2.57. The zero-order valence-electron chi connectivity index (χ0n) is 11.1. The summed E-state index contributed by atoms with van der Waals surface area (Å²) in [5.74, 6) is -0.131. The van der Waals surface area contributed by atoms with Crippen molar-refractivity contribution in [2.45, 2.75) is 0 Å². The largest absolute Gasteiger partial charge is 0.384 e. The molecule has 0 aliphatic carbocycles. The van der Waals surface area contributed by atoms with Crippen LogP contribution in [0.25, 0.3) is 22.6 Å². The minimum atomic E-state index is -0.568. The third-order valence-corrected chi connectivity index (χ3v) is 3.23. The van der Waals surface area contributed by atoms with E-state index < -0.39 is 5.82 Å². The first-order valence-corrected chi connectivity index (χ1v) is 6.50. The van der Waals surface area contributed by atoms with Crippen LogP contribution in [0.3, 0.4) is 0 Å². The van der Waals surface area contributed by atoms with Gasteiger partial charge >= 0.3 is 0 Å². The molecule has 0 bridgehead atoms. The lowest BCUT2D eigenvalue weighted by atomic mass is 10.1. The molecule has 7 heteroatoms. The smallest absolute Gasteiger partial charge is 0.165 e. The van der Waals surface area contributed by atoms with E-state index in [9.17, 15) is 4.39 Å². The Bertz CT molecular complexity index is 815. The second kappa shape index (κ2) is 5.14. The van der Waals surface area contributed by atoms with Crippen LogP contribution >= 0.6 is 11.6 Å². The van der Waals surface area contributed by atoms with Crippen LogP contribution in [0, 0.1) is 5.82 Å². The first kappa shape index (κ1) is 13.5. The highest BCUT2D eigenvalue weighted by Gasteiger charge is 2.14. The quantitative estimate of drug-likeness (QED) is 0.790. The normalized spacial score (nSPS) is 10.8. The zero-order valence-corrected chi connectivity index (χ0v) is 11.8. The molecule has 0 spiro atoms. The van der Waals surface area contributed by atoms with Gasteiger partial charge in [-0.2, -0.15) is 5.10 Å². The second-order valence-corrected chi connectivity index (χ2v) is 4.91. The Morgan fingerprint density at radius 2 is 2.10 bits per heavy atom. The molecule has 1 aromatic carbocycles. The molecule has 0 atom stereocenters. The summed E-state index contributed by atoms with van der Waals surface area (Å²) in [6, 6.07) is 6.28. The van der Waals surface area contributed by atoms with Gasteiger partial charge in [-0.25, -0.2) is 14.4 Å². The Kier molecular flexibility index (Phi) is 3.31. The molecular formula is C14H11ClFN5. The van der Waals surface area contributed by atoms with E-state index in [-0.39, 0.29) is 22.2 Å². The second-order valence-electron chi connectivity index (χ2n) is 4.51. The fraction of sp³-hybridized carbons (Fsp3) is 0.0714. The Balaban J connectivity index is 2.16. The van der Waals surface area contributed by atoms with Gasteiger partial charge in [-0.05, 0) is 12.1 Å². The number of nitrogen functional groups attached to an aromatic ring is 1. The van der Waals surface area contributed by atoms with Crippen molar-refractivity contribution in [1.82, 2.24) is 19.7 Å². The molecule has 3 aromatic rings. The maximum Gasteiger partial charge on any atom is 0.165 e. The van der Waals surface area contributed by atoms with Crippen molar-refractivity contribution < 1.29 is 4.39 Å². The van der Waals surface area contributed by atoms with Crippen LogP contribution in [0.5, 0.6) is 0 Å². The predicted molar refractivity (Wildman–Crippen MR) is 79.1 cm³/mol. The monoisotopic (exact) mass is 303 g/mol. The number of aromatic nitrogens is 4. The molecule has 3 rings (SSSR count). The highest BCUT2D eigenvalue weighted by atomic mass is 35.5. The van der Waals surface area contributed by atoms with Crippen molar-refractivity contribution in [2.24, 2.45) is 7.05 Å². The van der Waals surface area contributed by atoms with Gasteiger partial charge in [-0.15, -0.1) is 0 Å². The SMILES string of the molecule is Cn1cc(-c2cc(N)nc(-c3cccc(Cl)c3F)n2)cn1. The summed E-state index contributed by atoms with van der Waals surface area (Å²) in [7, 11) is 1.80. The molecule has 21 heavy (non-hydrogen) atoms. The molecule has 0 aliphatic rings. The Labute approximate surface area is 125 Å². The van der Waals surface area contributed by atoms with E-state index in [1.54, 1.807) is 42.3 Å². The molecular weight excluding hydrogens is 293 g/mol. The minimum Gasteiger partial charge on any atom is -0.384 e.